The van der Waals surface area contributed by atoms with Crippen LogP contribution in [0, 0.1) is 38.9 Å². The molecule has 0 aromatic heterocycles. The minimum absolute atomic E-state index is 0.354. The molecular weight excluding hydrogens is 290 g/mol. The van der Waals surface area contributed by atoms with E-state index in [1.54, 1.807) is 0 Å². The van der Waals surface area contributed by atoms with Crippen molar-refractivity contribution in [1.82, 2.24) is 5.32 Å². The Morgan fingerprint density at radius 2 is 1.48 bits per heavy atom. The van der Waals surface area contributed by atoms with E-state index in [4.69, 9.17) is 0 Å². The molecule has 114 valence electrons. The van der Waals surface area contributed by atoms with Crippen molar-refractivity contribution in [2.75, 3.05) is 0 Å². The van der Waals surface area contributed by atoms with Crippen LogP contribution in [0.15, 0.2) is 30.3 Å². The van der Waals surface area contributed by atoms with E-state index in [1.807, 2.05) is 30.3 Å². The number of amides is 2. The molecule has 2 atom stereocenters. The molecule has 2 saturated carbocycles. The smallest absolute Gasteiger partial charge is 0.249 e. The summed E-state index contributed by atoms with van der Waals surface area (Å²) in [5, 5.41) is 21.5. The van der Waals surface area contributed by atoms with Crippen LogP contribution in [0.1, 0.15) is 37.2 Å². The SMILES string of the molecule is N#C[C@@]12C(=O)NC(=O)[C@]1(C#N)C21CCC(c2ccccc2)CC1. The van der Waals surface area contributed by atoms with Crippen molar-refractivity contribution in [3.63, 3.8) is 0 Å². The Bertz CT molecular complexity index is 756. The number of benzene rings is 1. The highest BCUT2D eigenvalue weighted by atomic mass is 16.2. The second kappa shape index (κ2) is 4.20. The summed E-state index contributed by atoms with van der Waals surface area (Å²) in [6.45, 7) is 0. The summed E-state index contributed by atoms with van der Waals surface area (Å²) in [4.78, 5) is 24.5. The third-order valence-corrected chi connectivity index (χ3v) is 6.29. The molecule has 1 aromatic carbocycles. The zero-order valence-corrected chi connectivity index (χ0v) is 12.5. The van der Waals surface area contributed by atoms with Gasteiger partial charge in [0.2, 0.25) is 11.8 Å². The Balaban J connectivity index is 1.68. The van der Waals surface area contributed by atoms with Crippen LogP contribution >= 0.6 is 0 Å². The fraction of sp³-hybridized carbons (Fsp3) is 0.444. The monoisotopic (exact) mass is 305 g/mol. The fourth-order valence-electron chi connectivity index (χ4n) is 5.16. The standard InChI is InChI=1S/C18H15N3O2/c19-10-17-14(22)21-15(23)18(17,11-20)16(17)8-6-13(7-9-16)12-4-2-1-3-5-12/h1-5,13H,6-9H2,(H,21,22,23)/t13?,16?,17-,18+. The number of piperidine rings is 1. The van der Waals surface area contributed by atoms with Gasteiger partial charge in [0.15, 0.2) is 10.8 Å². The zero-order chi connectivity index (χ0) is 16.3. The van der Waals surface area contributed by atoms with Crippen LogP contribution in [0.3, 0.4) is 0 Å². The number of fused-ring (bicyclic) bond motifs is 3. The largest absolute Gasteiger partial charge is 0.293 e. The lowest BCUT2D eigenvalue weighted by atomic mass is 9.71. The van der Waals surface area contributed by atoms with Crippen LogP contribution in [-0.2, 0) is 9.59 Å². The van der Waals surface area contributed by atoms with E-state index in [2.05, 4.69) is 17.4 Å². The van der Waals surface area contributed by atoms with Crippen molar-refractivity contribution in [2.24, 2.45) is 16.2 Å². The molecule has 0 unspecified atom stereocenters. The summed E-state index contributed by atoms with van der Waals surface area (Å²) in [6, 6.07) is 14.2. The third kappa shape index (κ3) is 1.25. The number of carbonyl (C=O) groups excluding carboxylic acids is 2. The van der Waals surface area contributed by atoms with Gasteiger partial charge in [-0.05, 0) is 37.2 Å². The molecule has 5 heteroatoms. The Morgan fingerprint density at radius 3 is 1.96 bits per heavy atom. The van der Waals surface area contributed by atoms with E-state index in [9.17, 15) is 20.1 Å². The number of nitriles is 2. The molecule has 3 aliphatic rings. The first-order chi connectivity index (χ1) is 11.1. The van der Waals surface area contributed by atoms with Crippen molar-refractivity contribution in [3.05, 3.63) is 35.9 Å². The fourth-order valence-corrected chi connectivity index (χ4v) is 5.16. The van der Waals surface area contributed by atoms with Crippen LogP contribution in [-0.4, -0.2) is 11.8 Å². The number of hydrogen-bond donors (Lipinski definition) is 1. The van der Waals surface area contributed by atoms with Gasteiger partial charge in [0, 0.05) is 5.41 Å². The average molecular weight is 305 g/mol. The molecule has 1 saturated heterocycles. The maximum atomic E-state index is 12.3. The third-order valence-electron chi connectivity index (χ3n) is 6.29. The predicted molar refractivity (Wildman–Crippen MR) is 79.3 cm³/mol. The molecule has 23 heavy (non-hydrogen) atoms. The van der Waals surface area contributed by atoms with Crippen LogP contribution in [0.4, 0.5) is 0 Å². The highest BCUT2D eigenvalue weighted by Crippen LogP contribution is 2.85. The van der Waals surface area contributed by atoms with Crippen LogP contribution in [0.2, 0.25) is 0 Å². The molecule has 2 amide bonds. The minimum atomic E-state index is -1.48. The Morgan fingerprint density at radius 1 is 0.957 bits per heavy atom. The number of imide groups is 1. The van der Waals surface area contributed by atoms with Gasteiger partial charge in [0.05, 0.1) is 12.1 Å². The minimum Gasteiger partial charge on any atom is -0.293 e. The van der Waals surface area contributed by atoms with Gasteiger partial charge in [-0.25, -0.2) is 0 Å². The lowest BCUT2D eigenvalue weighted by Crippen LogP contribution is -2.39. The van der Waals surface area contributed by atoms with E-state index < -0.39 is 28.1 Å². The zero-order valence-electron chi connectivity index (χ0n) is 12.5. The molecule has 5 nitrogen and oxygen atoms in total. The number of carbonyl (C=O) groups is 2. The molecule has 3 fully saturated rings. The molecular formula is C18H15N3O2. The lowest BCUT2D eigenvalue weighted by Gasteiger charge is -2.32. The molecule has 1 heterocycles. The number of nitrogens with one attached hydrogen (secondary N) is 1. The van der Waals surface area contributed by atoms with Crippen LogP contribution in [0.25, 0.3) is 0 Å². The number of hydrogen-bond acceptors (Lipinski definition) is 4. The van der Waals surface area contributed by atoms with Crippen molar-refractivity contribution < 1.29 is 9.59 Å². The summed E-state index contributed by atoms with van der Waals surface area (Å²) in [7, 11) is 0. The van der Waals surface area contributed by atoms with Gasteiger partial charge >= 0.3 is 0 Å². The summed E-state index contributed by atoms with van der Waals surface area (Å²) >= 11 is 0. The van der Waals surface area contributed by atoms with Gasteiger partial charge in [-0.1, -0.05) is 30.3 Å². The summed E-state index contributed by atoms with van der Waals surface area (Å²) in [5.74, 6) is -0.803. The second-order valence-corrected chi connectivity index (χ2v) is 6.77. The first-order valence-electron chi connectivity index (χ1n) is 7.83. The summed E-state index contributed by atoms with van der Waals surface area (Å²) in [5.41, 5.74) is -2.52. The van der Waals surface area contributed by atoms with E-state index >= 15 is 0 Å². The molecule has 1 aliphatic heterocycles. The molecule has 1 N–H and O–H groups in total. The first-order valence-corrected chi connectivity index (χ1v) is 7.83. The van der Waals surface area contributed by atoms with E-state index in [0.717, 1.165) is 12.8 Å². The van der Waals surface area contributed by atoms with E-state index in [0.29, 0.717) is 18.8 Å². The molecule has 0 bridgehead atoms. The number of nitrogens with zero attached hydrogens (tertiary/aromatic N) is 2. The maximum absolute atomic E-state index is 12.3. The van der Waals surface area contributed by atoms with Gasteiger partial charge in [0.1, 0.15) is 0 Å². The predicted octanol–water partition coefficient (Wildman–Crippen LogP) is 2.02. The first kappa shape index (κ1) is 14.0. The molecule has 0 radical (unpaired) electrons. The average Bonchev–Trinajstić information content (AvgIpc) is 3.01. The topological polar surface area (TPSA) is 93.8 Å². The quantitative estimate of drug-likeness (QED) is 0.803. The van der Waals surface area contributed by atoms with E-state index in [-0.39, 0.29) is 0 Å². The molecule has 1 spiro atoms. The van der Waals surface area contributed by atoms with Gasteiger partial charge in [-0.15, -0.1) is 0 Å². The lowest BCUT2D eigenvalue weighted by molar-refractivity contribution is -0.131. The van der Waals surface area contributed by atoms with Crippen molar-refractivity contribution in [1.29, 1.82) is 10.5 Å². The van der Waals surface area contributed by atoms with Gasteiger partial charge in [-0.2, -0.15) is 10.5 Å². The van der Waals surface area contributed by atoms with Gasteiger partial charge < -0.3 is 0 Å². The summed E-state index contributed by atoms with van der Waals surface area (Å²) < 4.78 is 0. The maximum Gasteiger partial charge on any atom is 0.249 e. The van der Waals surface area contributed by atoms with Crippen molar-refractivity contribution in [2.45, 2.75) is 31.6 Å². The second-order valence-electron chi connectivity index (χ2n) is 6.77. The highest BCUT2D eigenvalue weighted by molar-refractivity contribution is 6.19. The Kier molecular flexibility index (Phi) is 2.55. The normalized spacial score (nSPS) is 40.9. The van der Waals surface area contributed by atoms with Crippen molar-refractivity contribution >= 4 is 11.8 Å². The molecule has 4 rings (SSSR count). The highest BCUT2D eigenvalue weighted by Gasteiger charge is 2.98. The number of rotatable bonds is 1. The molecule has 2 aliphatic carbocycles. The molecule has 1 aromatic rings. The van der Waals surface area contributed by atoms with Gasteiger partial charge in [-0.3, -0.25) is 14.9 Å². The van der Waals surface area contributed by atoms with Crippen LogP contribution in [0.5, 0.6) is 0 Å². The van der Waals surface area contributed by atoms with Crippen molar-refractivity contribution in [3.8, 4) is 12.1 Å². The van der Waals surface area contributed by atoms with Gasteiger partial charge in [0.25, 0.3) is 0 Å². The Hall–Kier alpha value is -2.66. The Labute approximate surface area is 133 Å². The summed E-state index contributed by atoms with van der Waals surface area (Å²) in [6.07, 6.45) is 2.70. The van der Waals surface area contributed by atoms with E-state index in [1.165, 1.54) is 5.56 Å². The van der Waals surface area contributed by atoms with Crippen LogP contribution < -0.4 is 5.32 Å².